The van der Waals surface area contributed by atoms with Gasteiger partial charge in [0.05, 0.1) is 30.4 Å². The number of para-hydroxylation sites is 1. The molecule has 1 aromatic carbocycles. The van der Waals surface area contributed by atoms with Gasteiger partial charge in [0.25, 0.3) is 11.1 Å². The number of H-pyrrole nitrogens is 1. The van der Waals surface area contributed by atoms with E-state index in [1.54, 1.807) is 18.2 Å². The number of ether oxygens (including phenoxy) is 2. The first-order valence-electron chi connectivity index (χ1n) is 13.5. The molecule has 7 N–H and O–H groups in total. The SMILES string of the molecule is Nc1nc2c(ncn2[C@@H]2O[C@@H]3COP(=O)(O)O[C@@H]4[C@H](O)[C@@H](COP(=O)(O)O[C@H]3[C@H]2O)O[C@H]4n2cnc3ccccc3c2=O)c(=O)[nH]1. The Hall–Kier alpha value is -3.43. The lowest BCUT2D eigenvalue weighted by Gasteiger charge is -2.26. The summed E-state index contributed by atoms with van der Waals surface area (Å²) in [6.45, 7) is -1.72. The van der Waals surface area contributed by atoms with Crippen molar-refractivity contribution in [2.24, 2.45) is 0 Å². The summed E-state index contributed by atoms with van der Waals surface area (Å²) in [5, 5.41) is 22.3. The van der Waals surface area contributed by atoms with E-state index in [1.807, 2.05) is 0 Å². The average molecular weight is 685 g/mol. The molecule has 3 saturated heterocycles. The lowest BCUT2D eigenvalue weighted by Crippen LogP contribution is -2.37. The van der Waals surface area contributed by atoms with Crippen LogP contribution in [0.5, 0.6) is 0 Å². The molecular weight excluding hydrogens is 660 g/mol. The molecule has 2 bridgehead atoms. The first-order chi connectivity index (χ1) is 21.8. The minimum atomic E-state index is -5.15. The molecule has 0 aliphatic carbocycles. The zero-order chi connectivity index (χ0) is 32.5. The van der Waals surface area contributed by atoms with Crippen molar-refractivity contribution in [2.45, 2.75) is 49.1 Å². The molecule has 23 heteroatoms. The van der Waals surface area contributed by atoms with E-state index in [0.29, 0.717) is 5.52 Å². The number of nitrogens with two attached hydrogens (primary N) is 1. The third kappa shape index (κ3) is 5.49. The van der Waals surface area contributed by atoms with E-state index in [0.717, 1.165) is 21.8 Å². The summed E-state index contributed by atoms with van der Waals surface area (Å²) in [5.41, 5.74) is 4.36. The Morgan fingerprint density at radius 3 is 2.28 bits per heavy atom. The monoisotopic (exact) mass is 685 g/mol. The van der Waals surface area contributed by atoms with E-state index in [-0.39, 0.29) is 22.5 Å². The number of nitrogens with zero attached hydrogens (tertiary/aromatic N) is 5. The number of fused-ring (bicyclic) bond motifs is 5. The van der Waals surface area contributed by atoms with Crippen molar-refractivity contribution in [3.05, 3.63) is 57.6 Å². The second kappa shape index (κ2) is 11.4. The molecule has 3 fully saturated rings. The summed E-state index contributed by atoms with van der Waals surface area (Å²) < 4.78 is 60.6. The van der Waals surface area contributed by atoms with Crippen molar-refractivity contribution in [1.82, 2.24) is 29.1 Å². The molecule has 0 spiro atoms. The average Bonchev–Trinajstić information content (AvgIpc) is 3.65. The number of nitrogens with one attached hydrogen (secondary N) is 1. The fraction of sp³-hybridized carbons (Fsp3) is 0.435. The maximum Gasteiger partial charge on any atom is 0.472 e. The smallest absolute Gasteiger partial charge is 0.387 e. The van der Waals surface area contributed by atoms with Gasteiger partial charge in [-0.05, 0) is 12.1 Å². The summed E-state index contributed by atoms with van der Waals surface area (Å²) in [6, 6.07) is 6.34. The summed E-state index contributed by atoms with van der Waals surface area (Å²) in [7, 11) is -10.3. The number of phosphoric acid groups is 2. The van der Waals surface area contributed by atoms with E-state index in [4.69, 9.17) is 33.3 Å². The Morgan fingerprint density at radius 1 is 0.870 bits per heavy atom. The summed E-state index contributed by atoms with van der Waals surface area (Å²) in [5.74, 6) is -0.278. The van der Waals surface area contributed by atoms with E-state index >= 15 is 0 Å². The fourth-order valence-corrected chi connectivity index (χ4v) is 7.40. The van der Waals surface area contributed by atoms with Crippen LogP contribution in [0.3, 0.4) is 0 Å². The van der Waals surface area contributed by atoms with Gasteiger partial charge in [-0.15, -0.1) is 0 Å². The minimum Gasteiger partial charge on any atom is -0.387 e. The third-order valence-electron chi connectivity index (χ3n) is 7.63. The van der Waals surface area contributed by atoms with Gasteiger partial charge in [0, 0.05) is 0 Å². The molecule has 0 amide bonds. The van der Waals surface area contributed by atoms with E-state index in [9.17, 15) is 38.7 Å². The fourth-order valence-electron chi connectivity index (χ4n) is 5.50. The molecule has 3 aliphatic heterocycles. The molecule has 7 rings (SSSR count). The van der Waals surface area contributed by atoms with Crippen LogP contribution in [0.1, 0.15) is 12.5 Å². The predicted molar refractivity (Wildman–Crippen MR) is 150 cm³/mol. The maximum atomic E-state index is 13.3. The van der Waals surface area contributed by atoms with E-state index in [2.05, 4.69) is 19.9 Å². The largest absolute Gasteiger partial charge is 0.472 e. The molecule has 10 atom stereocenters. The van der Waals surface area contributed by atoms with Crippen LogP contribution in [0.25, 0.3) is 22.1 Å². The standard InChI is InChI=1S/C23H25N7O14P2/c24-23-27-18-13(19(33)28-23)26-8-29(18)21-15(32)16-12(42-21)6-40-46(37,38)44-17-14(31)11(5-39-45(35,36)43-16)41-22(17)30-7-25-10-4-2-1-3-9(10)20(30)34/h1-4,7-8,11-12,14-17,21-22,31-32H,5-6H2,(H,35,36)(H,37,38)(H3,24,27,28,33)/t11-,12-,14-,15-,16-,17-,21-,22-/m1/s1. The third-order valence-corrected chi connectivity index (χ3v) is 9.60. The van der Waals surface area contributed by atoms with Crippen LogP contribution in [-0.2, 0) is 36.7 Å². The number of anilines is 1. The topological polar surface area (TPSA) is 295 Å². The van der Waals surface area contributed by atoms with Gasteiger partial charge >= 0.3 is 15.6 Å². The van der Waals surface area contributed by atoms with Crippen LogP contribution in [0.2, 0.25) is 0 Å². The van der Waals surface area contributed by atoms with Gasteiger partial charge in [0.1, 0.15) is 43.0 Å². The van der Waals surface area contributed by atoms with Crippen molar-refractivity contribution in [3.63, 3.8) is 0 Å². The van der Waals surface area contributed by atoms with Crippen LogP contribution in [0.4, 0.5) is 5.95 Å². The van der Waals surface area contributed by atoms with Crippen molar-refractivity contribution < 1.29 is 56.7 Å². The Labute approximate surface area is 255 Å². The van der Waals surface area contributed by atoms with Gasteiger partial charge in [-0.3, -0.25) is 41.8 Å². The van der Waals surface area contributed by atoms with Crippen molar-refractivity contribution in [3.8, 4) is 0 Å². The summed E-state index contributed by atoms with van der Waals surface area (Å²) in [6.07, 6.45) is -11.0. The van der Waals surface area contributed by atoms with Crippen LogP contribution >= 0.6 is 15.6 Å². The second-order valence-corrected chi connectivity index (χ2v) is 13.3. The Bertz CT molecular complexity index is 2040. The van der Waals surface area contributed by atoms with Gasteiger partial charge in [0.2, 0.25) is 5.95 Å². The van der Waals surface area contributed by atoms with Crippen LogP contribution in [0.15, 0.2) is 46.5 Å². The molecular formula is C23H25N7O14P2. The molecule has 2 unspecified atom stereocenters. The van der Waals surface area contributed by atoms with Crippen molar-refractivity contribution in [1.29, 1.82) is 0 Å². The number of benzene rings is 1. The Kier molecular flexibility index (Phi) is 7.71. The number of aliphatic hydroxyl groups excluding tert-OH is 2. The minimum absolute atomic E-state index is 0.119. The highest BCUT2D eigenvalue weighted by atomic mass is 31.2. The Morgan fingerprint density at radius 2 is 1.52 bits per heavy atom. The van der Waals surface area contributed by atoms with Crippen LogP contribution in [0, 0.1) is 0 Å². The lowest BCUT2D eigenvalue weighted by molar-refractivity contribution is -0.0691. The zero-order valence-corrected chi connectivity index (χ0v) is 24.9. The van der Waals surface area contributed by atoms with E-state index < -0.39 is 89.1 Å². The molecule has 4 aromatic rings. The second-order valence-electron chi connectivity index (χ2n) is 10.5. The summed E-state index contributed by atoms with van der Waals surface area (Å²) >= 11 is 0. The quantitative estimate of drug-likeness (QED) is 0.133. The first-order valence-corrected chi connectivity index (χ1v) is 16.5. The zero-order valence-electron chi connectivity index (χ0n) is 23.1. The number of hydrogen-bond acceptors (Lipinski definition) is 16. The number of imidazole rings is 1. The molecule has 46 heavy (non-hydrogen) atoms. The van der Waals surface area contributed by atoms with Gasteiger partial charge in [0.15, 0.2) is 23.6 Å². The molecule has 0 radical (unpaired) electrons. The molecule has 246 valence electrons. The highest BCUT2D eigenvalue weighted by Crippen LogP contribution is 2.53. The lowest BCUT2D eigenvalue weighted by atomic mass is 10.1. The molecule has 0 saturated carbocycles. The van der Waals surface area contributed by atoms with Crippen LogP contribution < -0.4 is 16.9 Å². The molecule has 3 aliphatic rings. The summed E-state index contributed by atoms with van der Waals surface area (Å²) in [4.78, 5) is 61.2. The normalized spacial score (nSPS) is 37.0. The van der Waals surface area contributed by atoms with Crippen LogP contribution in [-0.4, -0.2) is 98.9 Å². The maximum absolute atomic E-state index is 13.3. The van der Waals surface area contributed by atoms with Gasteiger partial charge < -0.3 is 35.2 Å². The number of phosphoric ester groups is 2. The number of aromatic nitrogens is 6. The number of aromatic amines is 1. The number of hydrogen-bond donors (Lipinski definition) is 6. The molecule has 6 heterocycles. The molecule has 21 nitrogen and oxygen atoms in total. The van der Waals surface area contributed by atoms with Crippen molar-refractivity contribution >= 4 is 43.7 Å². The van der Waals surface area contributed by atoms with Gasteiger partial charge in [-0.1, -0.05) is 12.1 Å². The number of rotatable bonds is 2. The predicted octanol–water partition coefficient (Wildman–Crippen LogP) is -1.35. The number of aliphatic hydroxyl groups is 2. The van der Waals surface area contributed by atoms with Gasteiger partial charge in [-0.25, -0.2) is 19.1 Å². The van der Waals surface area contributed by atoms with Crippen molar-refractivity contribution in [2.75, 3.05) is 18.9 Å². The van der Waals surface area contributed by atoms with E-state index in [1.165, 1.54) is 6.07 Å². The Balaban J connectivity index is 1.21. The highest BCUT2D eigenvalue weighted by Gasteiger charge is 2.54. The first kappa shape index (κ1) is 31.2. The highest BCUT2D eigenvalue weighted by molar-refractivity contribution is 7.47. The molecule has 3 aromatic heterocycles. The number of nitrogen functional groups attached to an aromatic ring is 1. The van der Waals surface area contributed by atoms with Gasteiger partial charge in [-0.2, -0.15) is 4.98 Å².